The van der Waals surface area contributed by atoms with Crippen molar-refractivity contribution in [3.8, 4) is 12.1 Å². The Hall–Kier alpha value is -1.10. The summed E-state index contributed by atoms with van der Waals surface area (Å²) in [4.78, 5) is 4.36. The van der Waals surface area contributed by atoms with Crippen LogP contribution in [0.4, 0.5) is 0 Å². The first-order valence-corrected chi connectivity index (χ1v) is 5.66. The lowest BCUT2D eigenvalue weighted by Crippen LogP contribution is -2.58. The molecule has 0 N–H and O–H groups in total. The second-order valence-electron chi connectivity index (χ2n) is 5.32. The SMILES string of the molecule is CC(C)(C#N)N1CCN(C(C)(C)C#N)CC1. The predicted octanol–water partition coefficient (Wildman–Crippen LogP) is 1.21. The van der Waals surface area contributed by atoms with Crippen molar-refractivity contribution in [2.24, 2.45) is 0 Å². The molecule has 0 unspecified atom stereocenters. The highest BCUT2D eigenvalue weighted by Gasteiger charge is 2.34. The van der Waals surface area contributed by atoms with E-state index >= 15 is 0 Å². The third-order valence-electron chi connectivity index (χ3n) is 3.41. The van der Waals surface area contributed by atoms with Crippen LogP contribution in [0.25, 0.3) is 0 Å². The van der Waals surface area contributed by atoms with Crippen molar-refractivity contribution in [1.82, 2.24) is 9.80 Å². The molecule has 1 aliphatic rings. The van der Waals surface area contributed by atoms with Gasteiger partial charge in [-0.25, -0.2) is 0 Å². The highest BCUT2D eigenvalue weighted by Crippen LogP contribution is 2.20. The molecule has 1 fully saturated rings. The molecule has 1 heterocycles. The second-order valence-corrected chi connectivity index (χ2v) is 5.32. The van der Waals surface area contributed by atoms with Crippen LogP contribution in [-0.2, 0) is 0 Å². The Labute approximate surface area is 98.1 Å². The monoisotopic (exact) mass is 220 g/mol. The van der Waals surface area contributed by atoms with Crippen LogP contribution < -0.4 is 0 Å². The van der Waals surface area contributed by atoms with Gasteiger partial charge in [-0.05, 0) is 27.7 Å². The Balaban J connectivity index is 2.60. The zero-order chi connectivity index (χ0) is 12.4. The lowest BCUT2D eigenvalue weighted by Gasteiger charge is -2.44. The summed E-state index contributed by atoms with van der Waals surface area (Å²) in [5.74, 6) is 0. The fraction of sp³-hybridized carbons (Fsp3) is 0.833. The zero-order valence-electron chi connectivity index (χ0n) is 10.6. The first-order valence-electron chi connectivity index (χ1n) is 5.66. The van der Waals surface area contributed by atoms with Crippen LogP contribution in [0.1, 0.15) is 27.7 Å². The largest absolute Gasteiger partial charge is 0.283 e. The number of rotatable bonds is 2. The van der Waals surface area contributed by atoms with Crippen molar-refractivity contribution in [3.05, 3.63) is 0 Å². The van der Waals surface area contributed by atoms with Gasteiger partial charge >= 0.3 is 0 Å². The van der Waals surface area contributed by atoms with E-state index in [-0.39, 0.29) is 0 Å². The first kappa shape index (κ1) is 13.0. The van der Waals surface area contributed by atoms with E-state index in [1.54, 1.807) is 0 Å². The van der Waals surface area contributed by atoms with Gasteiger partial charge in [0.05, 0.1) is 12.1 Å². The molecular formula is C12H20N4. The van der Waals surface area contributed by atoms with Gasteiger partial charge in [-0.15, -0.1) is 0 Å². The van der Waals surface area contributed by atoms with Gasteiger partial charge in [0.2, 0.25) is 0 Å². The van der Waals surface area contributed by atoms with E-state index in [0.29, 0.717) is 0 Å². The minimum atomic E-state index is -0.400. The maximum Gasteiger partial charge on any atom is 0.103 e. The van der Waals surface area contributed by atoms with E-state index in [2.05, 4.69) is 21.9 Å². The van der Waals surface area contributed by atoms with Crippen molar-refractivity contribution in [2.45, 2.75) is 38.8 Å². The molecule has 1 saturated heterocycles. The topological polar surface area (TPSA) is 54.1 Å². The molecule has 0 aromatic rings. The van der Waals surface area contributed by atoms with Crippen LogP contribution in [0.2, 0.25) is 0 Å². The van der Waals surface area contributed by atoms with Crippen molar-refractivity contribution in [3.63, 3.8) is 0 Å². The van der Waals surface area contributed by atoms with Gasteiger partial charge in [0.25, 0.3) is 0 Å². The minimum Gasteiger partial charge on any atom is -0.283 e. The number of piperazine rings is 1. The fourth-order valence-electron chi connectivity index (χ4n) is 1.97. The standard InChI is InChI=1S/C12H20N4/c1-11(2,9-13)15-5-7-16(8-6-15)12(3,4)10-14/h5-8H2,1-4H3. The molecule has 0 aliphatic carbocycles. The molecule has 0 aromatic heterocycles. The zero-order valence-corrected chi connectivity index (χ0v) is 10.6. The fourth-order valence-corrected chi connectivity index (χ4v) is 1.97. The van der Waals surface area contributed by atoms with Crippen molar-refractivity contribution < 1.29 is 0 Å². The molecule has 1 aliphatic heterocycles. The van der Waals surface area contributed by atoms with Gasteiger partial charge in [-0.2, -0.15) is 10.5 Å². The Morgan fingerprint density at radius 2 is 1.00 bits per heavy atom. The quantitative estimate of drug-likeness (QED) is 0.702. The molecule has 4 heteroatoms. The van der Waals surface area contributed by atoms with Crippen LogP contribution >= 0.6 is 0 Å². The summed E-state index contributed by atoms with van der Waals surface area (Å²) < 4.78 is 0. The molecule has 4 nitrogen and oxygen atoms in total. The predicted molar refractivity (Wildman–Crippen MR) is 62.5 cm³/mol. The Morgan fingerprint density at radius 1 is 0.750 bits per heavy atom. The molecule has 0 saturated carbocycles. The van der Waals surface area contributed by atoms with Gasteiger partial charge < -0.3 is 0 Å². The van der Waals surface area contributed by atoms with Crippen LogP contribution in [0, 0.1) is 22.7 Å². The van der Waals surface area contributed by atoms with Crippen LogP contribution in [0.15, 0.2) is 0 Å². The molecular weight excluding hydrogens is 200 g/mol. The minimum absolute atomic E-state index is 0.400. The van der Waals surface area contributed by atoms with Crippen LogP contribution in [0.3, 0.4) is 0 Å². The average molecular weight is 220 g/mol. The highest BCUT2D eigenvalue weighted by atomic mass is 15.3. The van der Waals surface area contributed by atoms with E-state index in [9.17, 15) is 0 Å². The molecule has 1 rings (SSSR count). The molecule has 0 amide bonds. The molecule has 16 heavy (non-hydrogen) atoms. The Bertz CT molecular complexity index is 290. The first-order chi connectivity index (χ1) is 7.33. The number of hydrogen-bond donors (Lipinski definition) is 0. The van der Waals surface area contributed by atoms with Crippen LogP contribution in [-0.4, -0.2) is 47.1 Å². The Morgan fingerprint density at radius 3 is 1.19 bits per heavy atom. The Kier molecular flexibility index (Phi) is 3.57. The normalized spacial score (nSPS) is 20.1. The van der Waals surface area contributed by atoms with Gasteiger partial charge in [0.15, 0.2) is 0 Å². The summed E-state index contributed by atoms with van der Waals surface area (Å²) >= 11 is 0. The third kappa shape index (κ3) is 2.52. The third-order valence-corrected chi connectivity index (χ3v) is 3.41. The van der Waals surface area contributed by atoms with E-state index in [1.165, 1.54) is 0 Å². The summed E-state index contributed by atoms with van der Waals surface area (Å²) in [6.07, 6.45) is 0. The summed E-state index contributed by atoms with van der Waals surface area (Å²) in [7, 11) is 0. The van der Waals surface area contributed by atoms with Crippen molar-refractivity contribution in [2.75, 3.05) is 26.2 Å². The maximum absolute atomic E-state index is 9.06. The van der Waals surface area contributed by atoms with Gasteiger partial charge in [0, 0.05) is 26.2 Å². The summed E-state index contributed by atoms with van der Waals surface area (Å²) in [6, 6.07) is 4.64. The molecule has 0 aromatic carbocycles. The summed E-state index contributed by atoms with van der Waals surface area (Å²) in [5, 5.41) is 18.1. The van der Waals surface area contributed by atoms with Crippen molar-refractivity contribution >= 4 is 0 Å². The number of hydrogen-bond acceptors (Lipinski definition) is 4. The summed E-state index contributed by atoms with van der Waals surface area (Å²) in [5.41, 5.74) is -0.800. The molecule has 88 valence electrons. The van der Waals surface area contributed by atoms with E-state index in [1.807, 2.05) is 27.7 Å². The van der Waals surface area contributed by atoms with E-state index < -0.39 is 11.1 Å². The van der Waals surface area contributed by atoms with E-state index in [0.717, 1.165) is 26.2 Å². The van der Waals surface area contributed by atoms with E-state index in [4.69, 9.17) is 10.5 Å². The lowest BCUT2D eigenvalue weighted by atomic mass is 10.0. The number of nitrogens with zero attached hydrogens (tertiary/aromatic N) is 4. The van der Waals surface area contributed by atoms with Gasteiger partial charge in [-0.1, -0.05) is 0 Å². The highest BCUT2D eigenvalue weighted by molar-refractivity contribution is 5.06. The molecule has 0 atom stereocenters. The van der Waals surface area contributed by atoms with Crippen LogP contribution in [0.5, 0.6) is 0 Å². The smallest absolute Gasteiger partial charge is 0.103 e. The molecule has 0 bridgehead atoms. The summed E-state index contributed by atoms with van der Waals surface area (Å²) in [6.45, 7) is 11.2. The molecule has 0 spiro atoms. The maximum atomic E-state index is 9.06. The molecule has 0 radical (unpaired) electrons. The lowest BCUT2D eigenvalue weighted by molar-refractivity contribution is 0.0451. The van der Waals surface area contributed by atoms with Crippen molar-refractivity contribution in [1.29, 1.82) is 10.5 Å². The van der Waals surface area contributed by atoms with Gasteiger partial charge in [0.1, 0.15) is 11.1 Å². The average Bonchev–Trinajstić information content (AvgIpc) is 2.29. The second kappa shape index (κ2) is 4.41. The van der Waals surface area contributed by atoms with Gasteiger partial charge in [-0.3, -0.25) is 9.80 Å². The number of nitriles is 2.